The number of imide groups is 1. The predicted octanol–water partition coefficient (Wildman–Crippen LogP) is -1.72. The monoisotopic (exact) mass is 231 g/mol. The van der Waals surface area contributed by atoms with Gasteiger partial charge in [-0.3, -0.25) is 24.1 Å². The van der Waals surface area contributed by atoms with Gasteiger partial charge in [0.25, 0.3) is 5.24 Å². The molecule has 0 radical (unpaired) electrons. The quantitative estimate of drug-likeness (QED) is 0.562. The van der Waals surface area contributed by atoms with E-state index in [-0.39, 0.29) is 30.0 Å². The topological polar surface area (TPSA) is 110 Å². The maximum Gasteiger partial charge on any atom is 0.309 e. The molecule has 1 saturated heterocycles. The summed E-state index contributed by atoms with van der Waals surface area (Å²) in [6, 6.07) is 0. The highest BCUT2D eigenvalue weighted by molar-refractivity contribution is 8.14. The molecule has 7 nitrogen and oxygen atoms in total. The Labute approximate surface area is 89.3 Å². The summed E-state index contributed by atoms with van der Waals surface area (Å²) in [5, 5.41) is 1.84. The van der Waals surface area contributed by atoms with Crippen LogP contribution in [-0.2, 0) is 14.4 Å². The van der Waals surface area contributed by atoms with Crippen molar-refractivity contribution in [2.24, 2.45) is 5.73 Å². The second-order valence-electron chi connectivity index (χ2n) is 2.72. The van der Waals surface area contributed by atoms with Crippen molar-refractivity contribution in [2.75, 3.05) is 18.8 Å². The molecule has 1 aliphatic heterocycles. The van der Waals surface area contributed by atoms with Gasteiger partial charge in [0.1, 0.15) is 0 Å². The Morgan fingerprint density at radius 2 is 2.13 bits per heavy atom. The summed E-state index contributed by atoms with van der Waals surface area (Å²) in [6.45, 7) is 0.0868. The number of carbonyl (C=O) groups is 4. The molecule has 1 fully saturated rings. The van der Waals surface area contributed by atoms with E-state index in [0.717, 1.165) is 16.7 Å². The molecule has 0 saturated carbocycles. The standard InChI is InChI=1S/C7H9N3O4S/c8-5(12)6(13)9-1-2-10-4(11)3-15-7(10)14/h1-3H2,(H2,8,12)(H,9,13). The number of rotatable bonds is 3. The van der Waals surface area contributed by atoms with Crippen molar-refractivity contribution < 1.29 is 19.2 Å². The summed E-state index contributed by atoms with van der Waals surface area (Å²) in [7, 11) is 0. The van der Waals surface area contributed by atoms with E-state index in [2.05, 4.69) is 11.1 Å². The molecule has 1 heterocycles. The molecule has 4 amide bonds. The minimum absolute atomic E-state index is 0.0276. The zero-order valence-electron chi connectivity index (χ0n) is 7.69. The second-order valence-corrected chi connectivity index (χ2v) is 3.65. The summed E-state index contributed by atoms with van der Waals surface area (Å²) in [5.74, 6) is -2.19. The lowest BCUT2D eigenvalue weighted by atomic mass is 10.5. The Morgan fingerprint density at radius 1 is 1.47 bits per heavy atom. The predicted molar refractivity (Wildman–Crippen MR) is 51.8 cm³/mol. The third-order valence-electron chi connectivity index (χ3n) is 1.69. The summed E-state index contributed by atoms with van der Waals surface area (Å²) >= 11 is 0.912. The fourth-order valence-electron chi connectivity index (χ4n) is 0.965. The van der Waals surface area contributed by atoms with Gasteiger partial charge < -0.3 is 11.1 Å². The van der Waals surface area contributed by atoms with Crippen LogP contribution >= 0.6 is 11.8 Å². The fourth-order valence-corrected chi connectivity index (χ4v) is 1.72. The molecule has 1 rings (SSSR count). The van der Waals surface area contributed by atoms with Gasteiger partial charge in [-0.05, 0) is 0 Å². The van der Waals surface area contributed by atoms with Crippen LogP contribution in [0.2, 0.25) is 0 Å². The largest absolute Gasteiger partial charge is 0.361 e. The molecule has 0 aromatic carbocycles. The molecular weight excluding hydrogens is 222 g/mol. The van der Waals surface area contributed by atoms with E-state index in [1.165, 1.54) is 0 Å². The van der Waals surface area contributed by atoms with E-state index >= 15 is 0 Å². The Hall–Kier alpha value is -1.57. The molecular formula is C7H9N3O4S. The average Bonchev–Trinajstić information content (AvgIpc) is 2.48. The van der Waals surface area contributed by atoms with Crippen LogP contribution in [0.25, 0.3) is 0 Å². The highest BCUT2D eigenvalue weighted by Gasteiger charge is 2.29. The minimum atomic E-state index is -1.09. The highest BCUT2D eigenvalue weighted by atomic mass is 32.2. The number of hydrogen-bond acceptors (Lipinski definition) is 5. The lowest BCUT2D eigenvalue weighted by Gasteiger charge is -2.12. The molecule has 0 aromatic heterocycles. The first kappa shape index (κ1) is 11.5. The first-order valence-corrected chi connectivity index (χ1v) is 5.05. The molecule has 0 spiro atoms. The molecule has 0 aliphatic carbocycles. The van der Waals surface area contributed by atoms with E-state index in [4.69, 9.17) is 0 Å². The van der Waals surface area contributed by atoms with Gasteiger partial charge in [0.05, 0.1) is 5.75 Å². The number of nitrogens with zero attached hydrogens (tertiary/aromatic N) is 1. The maximum absolute atomic E-state index is 11.1. The normalized spacial score (nSPS) is 15.6. The Morgan fingerprint density at radius 3 is 2.60 bits per heavy atom. The van der Waals surface area contributed by atoms with Crippen LogP contribution in [0.15, 0.2) is 0 Å². The van der Waals surface area contributed by atoms with Crippen LogP contribution in [0.4, 0.5) is 4.79 Å². The molecule has 0 unspecified atom stereocenters. The number of primary amides is 1. The Balaban J connectivity index is 2.31. The third-order valence-corrected chi connectivity index (χ3v) is 2.54. The molecule has 3 N–H and O–H groups in total. The van der Waals surface area contributed by atoms with Crippen LogP contribution in [0, 0.1) is 0 Å². The van der Waals surface area contributed by atoms with Crippen molar-refractivity contribution in [3.63, 3.8) is 0 Å². The first-order valence-electron chi connectivity index (χ1n) is 4.07. The Kier molecular flexibility index (Phi) is 3.67. The smallest absolute Gasteiger partial charge is 0.309 e. The van der Waals surface area contributed by atoms with Gasteiger partial charge in [-0.2, -0.15) is 0 Å². The van der Waals surface area contributed by atoms with Gasteiger partial charge in [-0.1, -0.05) is 11.8 Å². The molecule has 0 atom stereocenters. The zero-order chi connectivity index (χ0) is 11.4. The van der Waals surface area contributed by atoms with Gasteiger partial charge in [0.15, 0.2) is 0 Å². The zero-order valence-corrected chi connectivity index (χ0v) is 8.50. The van der Waals surface area contributed by atoms with Crippen molar-refractivity contribution in [3.05, 3.63) is 0 Å². The van der Waals surface area contributed by atoms with Gasteiger partial charge in [-0.15, -0.1) is 0 Å². The number of nitrogens with one attached hydrogen (secondary N) is 1. The van der Waals surface area contributed by atoms with Gasteiger partial charge in [-0.25, -0.2) is 0 Å². The van der Waals surface area contributed by atoms with Crippen LogP contribution in [-0.4, -0.2) is 46.7 Å². The van der Waals surface area contributed by atoms with E-state index < -0.39 is 11.8 Å². The number of amides is 4. The SMILES string of the molecule is NC(=O)C(=O)NCCN1C(=O)CSC1=O. The van der Waals surface area contributed by atoms with Crippen molar-refractivity contribution >= 4 is 34.7 Å². The van der Waals surface area contributed by atoms with Crippen molar-refractivity contribution in [1.82, 2.24) is 10.2 Å². The average molecular weight is 231 g/mol. The van der Waals surface area contributed by atoms with Crippen molar-refractivity contribution in [3.8, 4) is 0 Å². The van der Waals surface area contributed by atoms with E-state index in [0.29, 0.717) is 0 Å². The van der Waals surface area contributed by atoms with Crippen LogP contribution in [0.1, 0.15) is 0 Å². The van der Waals surface area contributed by atoms with Gasteiger partial charge >= 0.3 is 11.8 Å². The number of thioether (sulfide) groups is 1. The first-order chi connectivity index (χ1) is 7.02. The van der Waals surface area contributed by atoms with Crippen molar-refractivity contribution in [2.45, 2.75) is 0 Å². The Bertz CT molecular complexity index is 314. The minimum Gasteiger partial charge on any atom is -0.361 e. The molecule has 0 bridgehead atoms. The lowest BCUT2D eigenvalue weighted by Crippen LogP contribution is -2.41. The molecule has 0 aromatic rings. The third kappa shape index (κ3) is 2.94. The molecule has 15 heavy (non-hydrogen) atoms. The highest BCUT2D eigenvalue weighted by Crippen LogP contribution is 2.17. The van der Waals surface area contributed by atoms with Gasteiger partial charge in [0, 0.05) is 13.1 Å². The van der Waals surface area contributed by atoms with Crippen LogP contribution < -0.4 is 11.1 Å². The fraction of sp³-hybridized carbons (Fsp3) is 0.429. The van der Waals surface area contributed by atoms with E-state index in [1.54, 1.807) is 0 Å². The number of hydrogen-bond donors (Lipinski definition) is 2. The summed E-state index contributed by atoms with van der Waals surface area (Å²) in [6.07, 6.45) is 0. The number of nitrogens with two attached hydrogens (primary N) is 1. The summed E-state index contributed by atoms with van der Waals surface area (Å²) in [4.78, 5) is 44.2. The lowest BCUT2D eigenvalue weighted by molar-refractivity contribution is -0.137. The summed E-state index contributed by atoms with van der Waals surface area (Å²) < 4.78 is 0. The van der Waals surface area contributed by atoms with Gasteiger partial charge in [0.2, 0.25) is 5.91 Å². The van der Waals surface area contributed by atoms with Crippen LogP contribution in [0.5, 0.6) is 0 Å². The second kappa shape index (κ2) is 4.78. The van der Waals surface area contributed by atoms with Crippen molar-refractivity contribution in [1.29, 1.82) is 0 Å². The molecule has 8 heteroatoms. The number of carbonyl (C=O) groups excluding carboxylic acids is 4. The van der Waals surface area contributed by atoms with E-state index in [9.17, 15) is 19.2 Å². The van der Waals surface area contributed by atoms with Crippen LogP contribution in [0.3, 0.4) is 0 Å². The maximum atomic E-state index is 11.1. The summed E-state index contributed by atoms with van der Waals surface area (Å²) in [5.41, 5.74) is 4.68. The molecule has 82 valence electrons. The molecule has 1 aliphatic rings. The van der Waals surface area contributed by atoms with E-state index in [1.807, 2.05) is 0 Å².